The minimum Gasteiger partial charge on any atom is -0.462 e. The van der Waals surface area contributed by atoms with E-state index >= 15 is 0 Å². The van der Waals surface area contributed by atoms with Gasteiger partial charge in [0.15, 0.2) is 0 Å². The predicted molar refractivity (Wildman–Crippen MR) is 94.8 cm³/mol. The maximum absolute atomic E-state index is 12.1. The topological polar surface area (TPSA) is 73.3 Å². The number of fused-ring (bicyclic) bond motifs is 1. The number of aryl methyl sites for hydroxylation is 1. The number of esters is 1. The van der Waals surface area contributed by atoms with Crippen LogP contribution in [0.5, 0.6) is 0 Å². The molecule has 1 aliphatic rings. The van der Waals surface area contributed by atoms with E-state index in [1.807, 2.05) is 6.92 Å². The van der Waals surface area contributed by atoms with Gasteiger partial charge < -0.3 is 14.8 Å². The minimum absolute atomic E-state index is 0.137. The SMILES string of the molecule is CCOC(=O)c1sc2ncnc(NC3CCOC(C)(C)C3)c2c1C. The number of rotatable bonds is 4. The van der Waals surface area contributed by atoms with E-state index in [1.54, 1.807) is 13.3 Å². The van der Waals surface area contributed by atoms with Gasteiger partial charge in [-0.15, -0.1) is 11.3 Å². The molecule has 0 aliphatic carbocycles. The van der Waals surface area contributed by atoms with Gasteiger partial charge in [-0.05, 0) is 46.1 Å². The molecule has 1 aliphatic heterocycles. The molecular formula is C17H23N3O3S. The molecule has 2 aromatic rings. The van der Waals surface area contributed by atoms with E-state index in [-0.39, 0.29) is 17.6 Å². The van der Waals surface area contributed by atoms with Gasteiger partial charge in [0, 0.05) is 12.6 Å². The Balaban J connectivity index is 1.92. The van der Waals surface area contributed by atoms with Gasteiger partial charge in [0.25, 0.3) is 0 Å². The molecule has 1 saturated heterocycles. The summed E-state index contributed by atoms with van der Waals surface area (Å²) in [4.78, 5) is 22.3. The van der Waals surface area contributed by atoms with E-state index in [9.17, 15) is 4.79 Å². The third-order valence-electron chi connectivity index (χ3n) is 4.23. The van der Waals surface area contributed by atoms with Gasteiger partial charge >= 0.3 is 5.97 Å². The first-order valence-corrected chi connectivity index (χ1v) is 9.04. The monoisotopic (exact) mass is 349 g/mol. The standard InChI is InChI=1S/C17H23N3O3S/c1-5-22-16(21)13-10(2)12-14(18-9-19-15(12)24-13)20-11-6-7-23-17(3,4)8-11/h9,11H,5-8H2,1-4H3,(H,18,19,20). The van der Waals surface area contributed by atoms with Gasteiger partial charge in [0.05, 0.1) is 17.6 Å². The van der Waals surface area contributed by atoms with Crippen LogP contribution in [-0.2, 0) is 9.47 Å². The normalized spacial score (nSPS) is 20.1. The van der Waals surface area contributed by atoms with E-state index in [4.69, 9.17) is 9.47 Å². The second-order valence-electron chi connectivity index (χ2n) is 6.62. The van der Waals surface area contributed by atoms with Crippen LogP contribution in [0.3, 0.4) is 0 Å². The van der Waals surface area contributed by atoms with Crippen LogP contribution in [0.25, 0.3) is 10.2 Å². The summed E-state index contributed by atoms with van der Waals surface area (Å²) in [6, 6.07) is 0.289. The highest BCUT2D eigenvalue weighted by Crippen LogP contribution is 2.35. The molecule has 1 unspecified atom stereocenters. The molecule has 2 aromatic heterocycles. The van der Waals surface area contributed by atoms with Crippen LogP contribution in [0, 0.1) is 6.92 Å². The average Bonchev–Trinajstić information content (AvgIpc) is 2.85. The summed E-state index contributed by atoms with van der Waals surface area (Å²) in [6.45, 7) is 9.03. The number of thiophene rings is 1. The Labute approximate surface area is 145 Å². The summed E-state index contributed by atoms with van der Waals surface area (Å²) >= 11 is 1.36. The van der Waals surface area contributed by atoms with Gasteiger partial charge in [0.1, 0.15) is 21.9 Å². The second kappa shape index (κ2) is 6.64. The lowest BCUT2D eigenvalue weighted by Gasteiger charge is -2.36. The van der Waals surface area contributed by atoms with Crippen molar-refractivity contribution in [1.82, 2.24) is 9.97 Å². The highest BCUT2D eigenvalue weighted by Gasteiger charge is 2.30. The molecule has 3 heterocycles. The summed E-state index contributed by atoms with van der Waals surface area (Å²) in [5, 5.41) is 4.44. The largest absolute Gasteiger partial charge is 0.462 e. The zero-order valence-electron chi connectivity index (χ0n) is 14.5. The van der Waals surface area contributed by atoms with Crippen molar-refractivity contribution in [2.24, 2.45) is 0 Å². The summed E-state index contributed by atoms with van der Waals surface area (Å²) in [6.07, 6.45) is 3.38. The molecule has 0 bridgehead atoms. The lowest BCUT2D eigenvalue weighted by molar-refractivity contribution is -0.0553. The maximum Gasteiger partial charge on any atom is 0.348 e. The van der Waals surface area contributed by atoms with Crippen LogP contribution in [0.15, 0.2) is 6.33 Å². The van der Waals surface area contributed by atoms with E-state index < -0.39 is 0 Å². The zero-order chi connectivity index (χ0) is 17.3. The zero-order valence-corrected chi connectivity index (χ0v) is 15.3. The quantitative estimate of drug-likeness (QED) is 0.851. The number of aromatic nitrogens is 2. The Morgan fingerprint density at radius 3 is 3.00 bits per heavy atom. The summed E-state index contributed by atoms with van der Waals surface area (Å²) < 4.78 is 10.9. The smallest absolute Gasteiger partial charge is 0.348 e. The maximum atomic E-state index is 12.1. The Bertz CT molecular complexity index is 757. The summed E-state index contributed by atoms with van der Waals surface area (Å²) in [5.41, 5.74) is 0.741. The van der Waals surface area contributed by atoms with Crippen molar-refractivity contribution in [3.05, 3.63) is 16.8 Å². The number of nitrogens with zero attached hydrogens (tertiary/aromatic N) is 2. The van der Waals surface area contributed by atoms with Crippen LogP contribution < -0.4 is 5.32 Å². The van der Waals surface area contributed by atoms with E-state index in [0.29, 0.717) is 11.5 Å². The third kappa shape index (κ3) is 3.37. The molecule has 1 N–H and O–H groups in total. The Morgan fingerprint density at radius 2 is 2.29 bits per heavy atom. The number of hydrogen-bond donors (Lipinski definition) is 1. The Morgan fingerprint density at radius 1 is 1.50 bits per heavy atom. The number of carbonyl (C=O) groups is 1. The molecule has 0 amide bonds. The summed E-state index contributed by atoms with van der Waals surface area (Å²) in [7, 11) is 0. The van der Waals surface area contributed by atoms with E-state index in [0.717, 1.165) is 41.0 Å². The fourth-order valence-corrected chi connectivity index (χ4v) is 4.16. The molecule has 0 aromatic carbocycles. The van der Waals surface area contributed by atoms with Crippen LogP contribution in [0.2, 0.25) is 0 Å². The molecule has 3 rings (SSSR count). The first-order chi connectivity index (χ1) is 11.4. The number of anilines is 1. The fourth-order valence-electron chi connectivity index (χ4n) is 3.12. The van der Waals surface area contributed by atoms with Crippen molar-refractivity contribution in [2.75, 3.05) is 18.5 Å². The lowest BCUT2D eigenvalue weighted by atomic mass is 9.94. The number of ether oxygens (including phenoxy) is 2. The van der Waals surface area contributed by atoms with Crippen molar-refractivity contribution in [3.63, 3.8) is 0 Å². The molecule has 1 atom stereocenters. The van der Waals surface area contributed by atoms with Gasteiger partial charge in [0.2, 0.25) is 0 Å². The van der Waals surface area contributed by atoms with Crippen molar-refractivity contribution in [1.29, 1.82) is 0 Å². The van der Waals surface area contributed by atoms with Gasteiger partial charge in [-0.1, -0.05) is 0 Å². The molecule has 130 valence electrons. The third-order valence-corrected chi connectivity index (χ3v) is 5.41. The van der Waals surface area contributed by atoms with E-state index in [1.165, 1.54) is 11.3 Å². The van der Waals surface area contributed by atoms with E-state index in [2.05, 4.69) is 29.1 Å². The Kier molecular flexibility index (Phi) is 4.73. The molecule has 0 spiro atoms. The average molecular weight is 349 g/mol. The molecule has 1 fully saturated rings. The van der Waals surface area contributed by atoms with Crippen molar-refractivity contribution in [3.8, 4) is 0 Å². The fraction of sp³-hybridized carbons (Fsp3) is 0.588. The van der Waals surface area contributed by atoms with Crippen molar-refractivity contribution < 1.29 is 14.3 Å². The molecular weight excluding hydrogens is 326 g/mol. The molecule has 7 heteroatoms. The predicted octanol–water partition coefficient (Wildman–Crippen LogP) is 3.55. The Hall–Kier alpha value is -1.73. The molecule has 6 nitrogen and oxygen atoms in total. The van der Waals surface area contributed by atoms with Crippen LogP contribution >= 0.6 is 11.3 Å². The first-order valence-electron chi connectivity index (χ1n) is 8.23. The van der Waals surface area contributed by atoms with Gasteiger partial charge in [-0.2, -0.15) is 0 Å². The van der Waals surface area contributed by atoms with Gasteiger partial charge in [-0.3, -0.25) is 0 Å². The number of carbonyl (C=O) groups excluding carboxylic acids is 1. The van der Waals surface area contributed by atoms with Crippen LogP contribution in [-0.4, -0.2) is 40.8 Å². The van der Waals surface area contributed by atoms with Crippen LogP contribution in [0.4, 0.5) is 5.82 Å². The molecule has 0 radical (unpaired) electrons. The second-order valence-corrected chi connectivity index (χ2v) is 7.62. The van der Waals surface area contributed by atoms with Crippen molar-refractivity contribution >= 4 is 33.3 Å². The minimum atomic E-state index is -0.295. The number of hydrogen-bond acceptors (Lipinski definition) is 7. The molecule has 0 saturated carbocycles. The highest BCUT2D eigenvalue weighted by atomic mass is 32.1. The van der Waals surface area contributed by atoms with Crippen LogP contribution in [0.1, 0.15) is 48.8 Å². The highest BCUT2D eigenvalue weighted by molar-refractivity contribution is 7.20. The lowest BCUT2D eigenvalue weighted by Crippen LogP contribution is -2.40. The number of nitrogens with one attached hydrogen (secondary N) is 1. The summed E-state index contributed by atoms with van der Waals surface area (Å²) in [5.74, 6) is 0.489. The first kappa shape index (κ1) is 17.1. The molecule has 24 heavy (non-hydrogen) atoms. The van der Waals surface area contributed by atoms with Crippen molar-refractivity contribution in [2.45, 2.75) is 52.2 Å². The van der Waals surface area contributed by atoms with Gasteiger partial charge in [-0.25, -0.2) is 14.8 Å².